The monoisotopic (exact) mass is 341 g/mol. The predicted molar refractivity (Wildman–Crippen MR) is 94.5 cm³/mol. The van der Waals surface area contributed by atoms with Gasteiger partial charge in [-0.3, -0.25) is 9.59 Å². The third-order valence-electron chi connectivity index (χ3n) is 5.09. The van der Waals surface area contributed by atoms with Gasteiger partial charge in [-0.25, -0.2) is 5.01 Å². The fourth-order valence-corrected chi connectivity index (χ4v) is 3.66. The summed E-state index contributed by atoms with van der Waals surface area (Å²) in [5.74, 6) is 0.141. The highest BCUT2D eigenvalue weighted by Crippen LogP contribution is 2.26. The Balaban J connectivity index is 1.53. The molecule has 6 heteroatoms. The number of hydrogen-bond acceptors (Lipinski definition) is 4. The minimum absolute atomic E-state index is 0.0690. The van der Waals surface area contributed by atoms with Crippen molar-refractivity contribution < 1.29 is 14.3 Å². The maximum Gasteiger partial charge on any atom is 0.243 e. The molecule has 0 aromatic heterocycles. The average Bonchev–Trinajstić information content (AvgIpc) is 2.64. The summed E-state index contributed by atoms with van der Waals surface area (Å²) in [5.41, 5.74) is 4.01. The molecule has 0 saturated carbocycles. The van der Waals surface area contributed by atoms with Crippen LogP contribution in [-0.2, 0) is 20.7 Å². The number of ether oxygens (including phenoxy) is 1. The summed E-state index contributed by atoms with van der Waals surface area (Å²) < 4.78 is 5.75. The first kappa shape index (κ1) is 16.3. The largest absolute Gasteiger partial charge is 0.376 e. The number of nitrogens with one attached hydrogen (secondary N) is 1. The summed E-state index contributed by atoms with van der Waals surface area (Å²) in [6.45, 7) is 1.32. The van der Waals surface area contributed by atoms with E-state index in [0.29, 0.717) is 25.8 Å². The molecule has 1 N–H and O–H groups in total. The van der Waals surface area contributed by atoms with Crippen LogP contribution in [0.15, 0.2) is 23.3 Å². The Bertz CT molecular complexity index is 723. The Morgan fingerprint density at radius 3 is 2.92 bits per heavy atom. The molecule has 1 saturated heterocycles. The highest BCUT2D eigenvalue weighted by molar-refractivity contribution is 6.05. The minimum Gasteiger partial charge on any atom is -0.376 e. The number of carbonyl (C=O) groups is 2. The zero-order valence-electron chi connectivity index (χ0n) is 14.3. The van der Waals surface area contributed by atoms with E-state index in [4.69, 9.17) is 4.74 Å². The lowest BCUT2D eigenvalue weighted by atomic mass is 9.96. The summed E-state index contributed by atoms with van der Waals surface area (Å²) in [7, 11) is 0. The van der Waals surface area contributed by atoms with E-state index in [9.17, 15) is 9.59 Å². The SMILES string of the molecule is O=C1CCc2cc(C3=NN(CC4CCCCO4)C(=O)CC3)ccc2N1. The van der Waals surface area contributed by atoms with Crippen LogP contribution in [0.2, 0.25) is 0 Å². The van der Waals surface area contributed by atoms with Crippen LogP contribution in [0.3, 0.4) is 0 Å². The number of anilines is 1. The van der Waals surface area contributed by atoms with Gasteiger partial charge in [0.25, 0.3) is 0 Å². The van der Waals surface area contributed by atoms with Crippen LogP contribution in [0.1, 0.15) is 49.7 Å². The van der Waals surface area contributed by atoms with Crippen LogP contribution in [0.25, 0.3) is 0 Å². The van der Waals surface area contributed by atoms with Crippen LogP contribution in [0.4, 0.5) is 5.69 Å². The van der Waals surface area contributed by atoms with Gasteiger partial charge in [-0.2, -0.15) is 5.10 Å². The average molecular weight is 341 g/mol. The number of hydrogen-bond donors (Lipinski definition) is 1. The Morgan fingerprint density at radius 1 is 1.16 bits per heavy atom. The summed E-state index contributed by atoms with van der Waals surface area (Å²) in [4.78, 5) is 23.7. The van der Waals surface area contributed by atoms with Gasteiger partial charge in [-0.05, 0) is 48.9 Å². The second-order valence-corrected chi connectivity index (χ2v) is 6.93. The summed E-state index contributed by atoms with van der Waals surface area (Å²) in [6.07, 6.45) is 5.76. The van der Waals surface area contributed by atoms with E-state index in [1.165, 1.54) is 0 Å². The molecule has 0 spiro atoms. The molecule has 4 rings (SSSR count). The van der Waals surface area contributed by atoms with Crippen molar-refractivity contribution in [3.8, 4) is 0 Å². The molecule has 2 amide bonds. The zero-order chi connectivity index (χ0) is 17.2. The molecule has 3 aliphatic heterocycles. The lowest BCUT2D eigenvalue weighted by molar-refractivity contribution is -0.134. The highest BCUT2D eigenvalue weighted by atomic mass is 16.5. The van der Waals surface area contributed by atoms with E-state index < -0.39 is 0 Å². The minimum atomic E-state index is 0.0690. The summed E-state index contributed by atoms with van der Waals surface area (Å²) in [5, 5.41) is 9.12. The van der Waals surface area contributed by atoms with E-state index in [0.717, 1.165) is 54.8 Å². The molecule has 0 radical (unpaired) electrons. The molecule has 25 heavy (non-hydrogen) atoms. The van der Waals surface area contributed by atoms with Gasteiger partial charge in [-0.1, -0.05) is 6.07 Å². The molecular weight excluding hydrogens is 318 g/mol. The molecule has 6 nitrogen and oxygen atoms in total. The quantitative estimate of drug-likeness (QED) is 0.918. The maximum absolute atomic E-state index is 12.2. The van der Waals surface area contributed by atoms with Crippen molar-refractivity contribution >= 4 is 23.2 Å². The number of benzene rings is 1. The highest BCUT2D eigenvalue weighted by Gasteiger charge is 2.26. The first-order valence-electron chi connectivity index (χ1n) is 9.11. The van der Waals surface area contributed by atoms with Crippen molar-refractivity contribution in [2.45, 2.75) is 51.0 Å². The normalized spacial score (nSPS) is 23.8. The van der Waals surface area contributed by atoms with Crippen molar-refractivity contribution in [1.29, 1.82) is 0 Å². The van der Waals surface area contributed by atoms with Crippen LogP contribution in [-0.4, -0.2) is 41.8 Å². The Morgan fingerprint density at radius 2 is 2.08 bits per heavy atom. The number of fused-ring (bicyclic) bond motifs is 1. The summed E-state index contributed by atoms with van der Waals surface area (Å²) in [6, 6.07) is 6.02. The number of aryl methyl sites for hydroxylation is 1. The van der Waals surface area contributed by atoms with E-state index in [1.807, 2.05) is 12.1 Å². The Labute approximate surface area is 147 Å². The van der Waals surface area contributed by atoms with E-state index in [-0.39, 0.29) is 17.9 Å². The first-order chi connectivity index (χ1) is 12.2. The molecular formula is C19H23N3O3. The van der Waals surface area contributed by atoms with Crippen LogP contribution in [0, 0.1) is 0 Å². The number of rotatable bonds is 3. The smallest absolute Gasteiger partial charge is 0.243 e. The van der Waals surface area contributed by atoms with Crippen molar-refractivity contribution in [3.05, 3.63) is 29.3 Å². The first-order valence-corrected chi connectivity index (χ1v) is 9.11. The predicted octanol–water partition coefficient (Wildman–Crippen LogP) is 2.47. The van der Waals surface area contributed by atoms with Crippen LogP contribution in [0.5, 0.6) is 0 Å². The molecule has 132 valence electrons. The molecule has 0 aliphatic carbocycles. The van der Waals surface area contributed by atoms with Crippen molar-refractivity contribution in [3.63, 3.8) is 0 Å². The van der Waals surface area contributed by atoms with E-state index >= 15 is 0 Å². The van der Waals surface area contributed by atoms with Crippen LogP contribution >= 0.6 is 0 Å². The van der Waals surface area contributed by atoms with E-state index in [2.05, 4.69) is 16.5 Å². The van der Waals surface area contributed by atoms with Gasteiger partial charge in [0.15, 0.2) is 0 Å². The van der Waals surface area contributed by atoms with Crippen molar-refractivity contribution in [1.82, 2.24) is 5.01 Å². The molecule has 1 aromatic rings. The van der Waals surface area contributed by atoms with Gasteiger partial charge in [0, 0.05) is 31.6 Å². The zero-order valence-corrected chi connectivity index (χ0v) is 14.3. The van der Waals surface area contributed by atoms with Gasteiger partial charge >= 0.3 is 0 Å². The molecule has 3 aliphatic rings. The number of hydrazone groups is 1. The van der Waals surface area contributed by atoms with Crippen molar-refractivity contribution in [2.24, 2.45) is 5.10 Å². The lowest BCUT2D eigenvalue weighted by Gasteiger charge is -2.30. The van der Waals surface area contributed by atoms with E-state index in [1.54, 1.807) is 5.01 Å². The number of carbonyl (C=O) groups excluding carboxylic acids is 2. The van der Waals surface area contributed by atoms with Gasteiger partial charge in [0.05, 0.1) is 18.4 Å². The third-order valence-corrected chi connectivity index (χ3v) is 5.09. The summed E-state index contributed by atoms with van der Waals surface area (Å²) >= 11 is 0. The second kappa shape index (κ2) is 6.96. The molecule has 1 atom stereocenters. The second-order valence-electron chi connectivity index (χ2n) is 6.93. The number of amides is 2. The van der Waals surface area contributed by atoms with Gasteiger partial charge in [-0.15, -0.1) is 0 Å². The topological polar surface area (TPSA) is 71.0 Å². The Hall–Kier alpha value is -2.21. The molecule has 1 fully saturated rings. The molecule has 1 aromatic carbocycles. The lowest BCUT2D eigenvalue weighted by Crippen LogP contribution is -2.39. The standard InChI is InChI=1S/C19H23N3O3/c23-18-8-5-13-11-14(4-6-16(13)20-18)17-7-9-19(24)22(21-17)12-15-3-1-2-10-25-15/h4,6,11,15H,1-3,5,7-10,12H2,(H,20,23). The molecule has 3 heterocycles. The molecule has 0 bridgehead atoms. The maximum atomic E-state index is 12.2. The van der Waals surface area contributed by atoms with Gasteiger partial charge in [0.1, 0.15) is 0 Å². The third kappa shape index (κ3) is 3.58. The van der Waals surface area contributed by atoms with Crippen molar-refractivity contribution in [2.75, 3.05) is 18.5 Å². The number of nitrogens with zero attached hydrogens (tertiary/aromatic N) is 2. The van der Waals surface area contributed by atoms with Crippen LogP contribution < -0.4 is 5.32 Å². The molecule has 1 unspecified atom stereocenters. The fraction of sp³-hybridized carbons (Fsp3) is 0.526. The fourth-order valence-electron chi connectivity index (χ4n) is 3.66. The Kier molecular flexibility index (Phi) is 4.53. The van der Waals surface area contributed by atoms with Gasteiger partial charge in [0.2, 0.25) is 11.8 Å². The van der Waals surface area contributed by atoms with Gasteiger partial charge < -0.3 is 10.1 Å².